The second-order valence-electron chi connectivity index (χ2n) is 5.22. The lowest BCUT2D eigenvalue weighted by atomic mass is 10.0. The van der Waals surface area contributed by atoms with Gasteiger partial charge in [-0.05, 0) is 56.0 Å². The summed E-state index contributed by atoms with van der Waals surface area (Å²) in [6.45, 7) is 10.3. The lowest BCUT2D eigenvalue weighted by Gasteiger charge is -2.27. The Morgan fingerprint density at radius 2 is 1.89 bits per heavy atom. The molecule has 0 aromatic heterocycles. The molecule has 102 valence electrons. The highest BCUT2D eigenvalue weighted by Gasteiger charge is 2.15. The molecule has 0 spiro atoms. The molecular weight excluding hydrogens is 224 g/mol. The zero-order valence-electron chi connectivity index (χ0n) is 12.5. The van der Waals surface area contributed by atoms with Crippen molar-refractivity contribution < 1.29 is 4.74 Å². The first kappa shape index (κ1) is 14.8. The first-order valence-corrected chi connectivity index (χ1v) is 6.48. The second-order valence-corrected chi connectivity index (χ2v) is 5.22. The Morgan fingerprint density at radius 1 is 1.28 bits per heavy atom. The summed E-state index contributed by atoms with van der Waals surface area (Å²) in [4.78, 5) is 2.30. The summed E-state index contributed by atoms with van der Waals surface area (Å²) in [6.07, 6.45) is 0. The van der Waals surface area contributed by atoms with Gasteiger partial charge in [-0.3, -0.25) is 0 Å². The molecule has 0 aliphatic carbocycles. The van der Waals surface area contributed by atoms with Gasteiger partial charge in [0, 0.05) is 19.3 Å². The van der Waals surface area contributed by atoms with E-state index in [0.717, 1.165) is 18.8 Å². The Morgan fingerprint density at radius 3 is 2.39 bits per heavy atom. The normalized spacial score (nSPS) is 12.4. The highest BCUT2D eigenvalue weighted by atomic mass is 16.5. The summed E-state index contributed by atoms with van der Waals surface area (Å²) in [5.41, 5.74) is 10.8. The molecule has 0 heterocycles. The van der Waals surface area contributed by atoms with Crippen LogP contribution in [0.4, 0.5) is 5.69 Å². The average Bonchev–Trinajstić information content (AvgIpc) is 2.33. The van der Waals surface area contributed by atoms with Crippen LogP contribution in [-0.2, 0) is 0 Å². The van der Waals surface area contributed by atoms with Crippen LogP contribution in [0.5, 0.6) is 5.75 Å². The highest BCUT2D eigenvalue weighted by Crippen LogP contribution is 2.33. The molecular formula is C15H26N2O. The Hall–Kier alpha value is -1.22. The number of anilines is 1. The SMILES string of the molecule is COc1cc(C)c(N(C)CC(C)CN)c(C)c1C. The second kappa shape index (κ2) is 6.10. The summed E-state index contributed by atoms with van der Waals surface area (Å²) in [7, 11) is 3.86. The molecule has 1 aromatic carbocycles. The Kier molecular flexibility index (Phi) is 5.03. The van der Waals surface area contributed by atoms with Gasteiger partial charge in [-0.2, -0.15) is 0 Å². The van der Waals surface area contributed by atoms with Gasteiger partial charge < -0.3 is 15.4 Å². The van der Waals surface area contributed by atoms with Gasteiger partial charge in [0.05, 0.1) is 7.11 Å². The van der Waals surface area contributed by atoms with E-state index in [4.69, 9.17) is 10.5 Å². The lowest BCUT2D eigenvalue weighted by Crippen LogP contribution is -2.29. The first-order chi connectivity index (χ1) is 8.42. The van der Waals surface area contributed by atoms with Crippen LogP contribution in [-0.4, -0.2) is 27.2 Å². The minimum absolute atomic E-state index is 0.496. The van der Waals surface area contributed by atoms with Gasteiger partial charge >= 0.3 is 0 Å². The molecule has 0 aliphatic heterocycles. The van der Waals surface area contributed by atoms with Crippen LogP contribution in [0.3, 0.4) is 0 Å². The minimum Gasteiger partial charge on any atom is -0.496 e. The van der Waals surface area contributed by atoms with E-state index in [0.29, 0.717) is 5.92 Å². The summed E-state index contributed by atoms with van der Waals surface area (Å²) in [6, 6.07) is 2.11. The van der Waals surface area contributed by atoms with Gasteiger partial charge in [0.15, 0.2) is 0 Å². The molecule has 0 aliphatic rings. The predicted octanol–water partition coefficient (Wildman–Crippen LogP) is 2.65. The molecule has 0 radical (unpaired) electrons. The number of hydrogen-bond donors (Lipinski definition) is 1. The zero-order valence-corrected chi connectivity index (χ0v) is 12.5. The molecule has 0 amide bonds. The van der Waals surface area contributed by atoms with Crippen molar-refractivity contribution in [2.24, 2.45) is 11.7 Å². The van der Waals surface area contributed by atoms with E-state index >= 15 is 0 Å². The van der Waals surface area contributed by atoms with Gasteiger partial charge in [0.1, 0.15) is 5.75 Å². The summed E-state index contributed by atoms with van der Waals surface area (Å²) in [5.74, 6) is 1.46. The van der Waals surface area contributed by atoms with Gasteiger partial charge in [0.2, 0.25) is 0 Å². The van der Waals surface area contributed by atoms with E-state index in [-0.39, 0.29) is 0 Å². The number of aryl methyl sites for hydroxylation is 1. The van der Waals surface area contributed by atoms with Crippen molar-refractivity contribution in [1.82, 2.24) is 0 Å². The van der Waals surface area contributed by atoms with Gasteiger partial charge in [-0.15, -0.1) is 0 Å². The van der Waals surface area contributed by atoms with E-state index in [1.807, 2.05) is 0 Å². The number of ether oxygens (including phenoxy) is 1. The molecule has 18 heavy (non-hydrogen) atoms. The van der Waals surface area contributed by atoms with E-state index in [9.17, 15) is 0 Å². The Labute approximate surface area is 111 Å². The van der Waals surface area contributed by atoms with Crippen molar-refractivity contribution in [3.63, 3.8) is 0 Å². The van der Waals surface area contributed by atoms with Gasteiger partial charge in [0.25, 0.3) is 0 Å². The maximum atomic E-state index is 5.70. The number of rotatable bonds is 5. The van der Waals surface area contributed by atoms with Crippen LogP contribution in [0.1, 0.15) is 23.6 Å². The summed E-state index contributed by atoms with van der Waals surface area (Å²) >= 11 is 0. The minimum atomic E-state index is 0.496. The lowest BCUT2D eigenvalue weighted by molar-refractivity contribution is 0.411. The topological polar surface area (TPSA) is 38.5 Å². The van der Waals surface area contributed by atoms with E-state index < -0.39 is 0 Å². The molecule has 1 rings (SSSR count). The van der Waals surface area contributed by atoms with E-state index in [2.05, 4.69) is 45.7 Å². The molecule has 0 fully saturated rings. The summed E-state index contributed by atoms with van der Waals surface area (Å²) in [5, 5.41) is 0. The Balaban J connectivity index is 3.13. The number of methoxy groups -OCH3 is 1. The van der Waals surface area contributed by atoms with Crippen molar-refractivity contribution in [1.29, 1.82) is 0 Å². The van der Waals surface area contributed by atoms with Crippen LogP contribution in [0.25, 0.3) is 0 Å². The maximum absolute atomic E-state index is 5.70. The molecule has 0 saturated heterocycles. The average molecular weight is 250 g/mol. The predicted molar refractivity (Wildman–Crippen MR) is 78.7 cm³/mol. The fourth-order valence-corrected chi connectivity index (χ4v) is 2.46. The van der Waals surface area contributed by atoms with Crippen molar-refractivity contribution >= 4 is 5.69 Å². The van der Waals surface area contributed by atoms with Crippen LogP contribution in [0.2, 0.25) is 0 Å². The molecule has 1 unspecified atom stereocenters. The van der Waals surface area contributed by atoms with Gasteiger partial charge in [-0.1, -0.05) is 6.92 Å². The molecule has 1 atom stereocenters. The van der Waals surface area contributed by atoms with Crippen LogP contribution >= 0.6 is 0 Å². The number of hydrogen-bond acceptors (Lipinski definition) is 3. The fraction of sp³-hybridized carbons (Fsp3) is 0.600. The monoisotopic (exact) mass is 250 g/mol. The molecule has 1 aromatic rings. The molecule has 0 bridgehead atoms. The standard InChI is InChI=1S/C15H26N2O/c1-10(8-16)9-17(5)15-11(2)7-14(18-6)12(3)13(15)4/h7,10H,8-9,16H2,1-6H3. The van der Waals surface area contributed by atoms with Crippen molar-refractivity contribution in [2.45, 2.75) is 27.7 Å². The molecule has 3 nitrogen and oxygen atoms in total. The third-order valence-electron chi connectivity index (χ3n) is 3.60. The largest absolute Gasteiger partial charge is 0.496 e. The third kappa shape index (κ3) is 2.96. The zero-order chi connectivity index (χ0) is 13.9. The van der Waals surface area contributed by atoms with E-state index in [1.165, 1.54) is 22.4 Å². The fourth-order valence-electron chi connectivity index (χ4n) is 2.46. The quantitative estimate of drug-likeness (QED) is 0.873. The molecule has 3 heteroatoms. The highest BCUT2D eigenvalue weighted by molar-refractivity contribution is 5.64. The maximum Gasteiger partial charge on any atom is 0.122 e. The smallest absolute Gasteiger partial charge is 0.122 e. The molecule has 2 N–H and O–H groups in total. The Bertz CT molecular complexity index is 415. The number of benzene rings is 1. The van der Waals surface area contributed by atoms with Crippen LogP contribution in [0.15, 0.2) is 6.07 Å². The first-order valence-electron chi connectivity index (χ1n) is 6.48. The van der Waals surface area contributed by atoms with Crippen molar-refractivity contribution in [3.05, 3.63) is 22.8 Å². The van der Waals surface area contributed by atoms with Crippen LogP contribution in [0, 0.1) is 26.7 Å². The van der Waals surface area contributed by atoms with Gasteiger partial charge in [-0.25, -0.2) is 0 Å². The number of nitrogens with two attached hydrogens (primary N) is 1. The molecule has 0 saturated carbocycles. The third-order valence-corrected chi connectivity index (χ3v) is 3.60. The van der Waals surface area contributed by atoms with Crippen molar-refractivity contribution in [2.75, 3.05) is 32.1 Å². The number of nitrogens with zero attached hydrogens (tertiary/aromatic N) is 1. The van der Waals surface area contributed by atoms with Crippen LogP contribution < -0.4 is 15.4 Å². The van der Waals surface area contributed by atoms with Crippen molar-refractivity contribution in [3.8, 4) is 5.75 Å². The van der Waals surface area contributed by atoms with E-state index in [1.54, 1.807) is 7.11 Å². The summed E-state index contributed by atoms with van der Waals surface area (Å²) < 4.78 is 5.41.